The minimum atomic E-state index is -0.146. The molecule has 2 aromatic rings. The van der Waals surface area contributed by atoms with Gasteiger partial charge in [0.15, 0.2) is 5.16 Å². The Labute approximate surface area is 119 Å². The van der Waals surface area contributed by atoms with Crippen LogP contribution >= 0.6 is 11.8 Å². The number of H-pyrrole nitrogens is 1. The van der Waals surface area contributed by atoms with Crippen molar-refractivity contribution in [2.24, 2.45) is 5.73 Å². The molecule has 0 radical (unpaired) electrons. The van der Waals surface area contributed by atoms with Gasteiger partial charge in [-0.1, -0.05) is 0 Å². The van der Waals surface area contributed by atoms with Crippen molar-refractivity contribution in [2.75, 3.05) is 0 Å². The van der Waals surface area contributed by atoms with Gasteiger partial charge in [0.2, 0.25) is 0 Å². The van der Waals surface area contributed by atoms with E-state index in [0.717, 1.165) is 28.9 Å². The molecule has 1 heterocycles. The molecule has 0 aliphatic heterocycles. The van der Waals surface area contributed by atoms with Gasteiger partial charge in [-0.05, 0) is 55.3 Å². The van der Waals surface area contributed by atoms with Gasteiger partial charge in [-0.2, -0.15) is 0 Å². The molecule has 0 amide bonds. The average molecular weight is 289 g/mol. The van der Waals surface area contributed by atoms with Crippen LogP contribution in [0.15, 0.2) is 33.0 Å². The van der Waals surface area contributed by atoms with Crippen molar-refractivity contribution in [1.82, 2.24) is 14.8 Å². The van der Waals surface area contributed by atoms with Crippen LogP contribution in [0.4, 0.5) is 0 Å². The van der Waals surface area contributed by atoms with Gasteiger partial charge in [0.05, 0.1) is 0 Å². The van der Waals surface area contributed by atoms with E-state index in [-0.39, 0.29) is 11.5 Å². The normalized spacial score (nSPS) is 14.4. The SMILES string of the molecule is Cc1cc(Sc2n[nH]c(=O)n2C2CC2)ccc1C(=N)N. The van der Waals surface area contributed by atoms with Crippen LogP contribution in [0.3, 0.4) is 0 Å². The van der Waals surface area contributed by atoms with E-state index in [1.807, 2.05) is 25.1 Å². The predicted octanol–water partition coefficient (Wildman–Crippen LogP) is 1.65. The van der Waals surface area contributed by atoms with Crippen molar-refractivity contribution in [2.45, 2.75) is 35.9 Å². The minimum Gasteiger partial charge on any atom is -0.384 e. The zero-order valence-corrected chi connectivity index (χ0v) is 11.8. The predicted molar refractivity (Wildman–Crippen MR) is 77.4 cm³/mol. The summed E-state index contributed by atoms with van der Waals surface area (Å²) in [6, 6.07) is 5.97. The highest BCUT2D eigenvalue weighted by Gasteiger charge is 2.28. The fourth-order valence-corrected chi connectivity index (χ4v) is 3.13. The van der Waals surface area contributed by atoms with Crippen LogP contribution < -0.4 is 11.4 Å². The lowest BCUT2D eigenvalue weighted by Gasteiger charge is -2.07. The highest BCUT2D eigenvalue weighted by molar-refractivity contribution is 7.99. The molecule has 0 bridgehead atoms. The lowest BCUT2D eigenvalue weighted by atomic mass is 10.1. The molecule has 1 fully saturated rings. The molecule has 1 aliphatic carbocycles. The molecule has 7 heteroatoms. The molecule has 104 valence electrons. The molecule has 0 unspecified atom stereocenters. The second-order valence-corrected chi connectivity index (χ2v) is 5.95. The third kappa shape index (κ3) is 2.36. The van der Waals surface area contributed by atoms with Gasteiger partial charge in [0, 0.05) is 16.5 Å². The van der Waals surface area contributed by atoms with Crippen LogP contribution in [-0.4, -0.2) is 20.6 Å². The van der Waals surface area contributed by atoms with Crippen molar-refractivity contribution < 1.29 is 0 Å². The summed E-state index contributed by atoms with van der Waals surface area (Å²) in [5.41, 5.74) is 7.04. The van der Waals surface area contributed by atoms with Crippen LogP contribution in [0, 0.1) is 12.3 Å². The number of nitrogens with one attached hydrogen (secondary N) is 2. The Morgan fingerprint density at radius 2 is 2.30 bits per heavy atom. The lowest BCUT2D eigenvalue weighted by Crippen LogP contribution is -2.16. The smallest absolute Gasteiger partial charge is 0.344 e. The van der Waals surface area contributed by atoms with Crippen LogP contribution in [0.1, 0.15) is 30.0 Å². The molecule has 0 spiro atoms. The van der Waals surface area contributed by atoms with Crippen LogP contribution in [0.2, 0.25) is 0 Å². The van der Waals surface area contributed by atoms with E-state index in [4.69, 9.17) is 11.1 Å². The maximum Gasteiger partial charge on any atom is 0.344 e. The average Bonchev–Trinajstić information content (AvgIpc) is 3.15. The molecule has 1 aromatic heterocycles. The van der Waals surface area contributed by atoms with E-state index in [1.165, 1.54) is 11.8 Å². The second-order valence-electron chi connectivity index (χ2n) is 4.90. The van der Waals surface area contributed by atoms with Crippen LogP contribution in [0.25, 0.3) is 0 Å². The second kappa shape index (κ2) is 4.82. The van der Waals surface area contributed by atoms with Gasteiger partial charge >= 0.3 is 5.69 Å². The number of hydrogen-bond acceptors (Lipinski definition) is 4. The number of aryl methyl sites for hydroxylation is 1. The van der Waals surface area contributed by atoms with Crippen LogP contribution in [0.5, 0.6) is 0 Å². The van der Waals surface area contributed by atoms with Gasteiger partial charge in [0.1, 0.15) is 5.84 Å². The summed E-state index contributed by atoms with van der Waals surface area (Å²) in [4.78, 5) is 12.7. The maximum atomic E-state index is 11.7. The Kier molecular flexibility index (Phi) is 3.13. The summed E-state index contributed by atoms with van der Waals surface area (Å²) in [6.07, 6.45) is 2.07. The number of aromatic amines is 1. The summed E-state index contributed by atoms with van der Waals surface area (Å²) < 4.78 is 1.72. The molecular formula is C13H15N5OS. The highest BCUT2D eigenvalue weighted by Crippen LogP contribution is 2.37. The molecule has 3 rings (SSSR count). The topological polar surface area (TPSA) is 101 Å². The number of nitrogens with zero attached hydrogens (tertiary/aromatic N) is 2. The quantitative estimate of drug-likeness (QED) is 0.588. The monoisotopic (exact) mass is 289 g/mol. The molecule has 20 heavy (non-hydrogen) atoms. The standard InChI is InChI=1S/C13H15N5OS/c1-7-6-9(4-5-10(7)11(14)15)20-13-17-16-12(19)18(13)8-2-3-8/h4-6,8H,2-3H2,1H3,(H3,14,15)(H,16,19). The van der Waals surface area contributed by atoms with Crippen molar-refractivity contribution in [1.29, 1.82) is 5.41 Å². The first-order chi connectivity index (χ1) is 9.56. The molecule has 1 aromatic carbocycles. The summed E-state index contributed by atoms with van der Waals surface area (Å²) >= 11 is 1.45. The zero-order valence-electron chi connectivity index (χ0n) is 11.0. The van der Waals surface area contributed by atoms with Gasteiger partial charge in [-0.25, -0.2) is 9.89 Å². The fraction of sp³-hybridized carbons (Fsp3) is 0.308. The van der Waals surface area contributed by atoms with Crippen molar-refractivity contribution in [3.63, 3.8) is 0 Å². The number of nitrogens with two attached hydrogens (primary N) is 1. The lowest BCUT2D eigenvalue weighted by molar-refractivity contribution is 0.642. The number of aromatic nitrogens is 3. The Bertz CT molecular complexity index is 729. The number of nitrogen functional groups attached to an aromatic ring is 1. The highest BCUT2D eigenvalue weighted by atomic mass is 32.2. The van der Waals surface area contributed by atoms with E-state index < -0.39 is 0 Å². The third-order valence-corrected chi connectivity index (χ3v) is 4.24. The largest absolute Gasteiger partial charge is 0.384 e. The number of rotatable bonds is 4. The molecule has 1 saturated carbocycles. The Hall–Kier alpha value is -2.02. The third-order valence-electron chi connectivity index (χ3n) is 3.28. The van der Waals surface area contributed by atoms with E-state index in [1.54, 1.807) is 4.57 Å². The summed E-state index contributed by atoms with van der Waals surface area (Å²) in [5, 5.41) is 14.8. The summed E-state index contributed by atoms with van der Waals surface area (Å²) in [6.45, 7) is 1.92. The number of hydrogen-bond donors (Lipinski definition) is 3. The Balaban J connectivity index is 1.90. The van der Waals surface area contributed by atoms with Crippen molar-refractivity contribution >= 4 is 17.6 Å². The minimum absolute atomic E-state index is 0.0636. The first-order valence-corrected chi connectivity index (χ1v) is 7.17. The van der Waals surface area contributed by atoms with E-state index >= 15 is 0 Å². The Morgan fingerprint density at radius 3 is 2.90 bits per heavy atom. The molecule has 4 N–H and O–H groups in total. The van der Waals surface area contributed by atoms with Gasteiger partial charge < -0.3 is 5.73 Å². The molecular weight excluding hydrogens is 274 g/mol. The van der Waals surface area contributed by atoms with Gasteiger partial charge in [0.25, 0.3) is 0 Å². The molecule has 0 saturated heterocycles. The number of benzene rings is 1. The Morgan fingerprint density at radius 1 is 1.55 bits per heavy atom. The molecule has 1 aliphatic rings. The molecule has 6 nitrogen and oxygen atoms in total. The van der Waals surface area contributed by atoms with Crippen molar-refractivity contribution in [3.8, 4) is 0 Å². The van der Waals surface area contributed by atoms with E-state index in [0.29, 0.717) is 11.2 Å². The van der Waals surface area contributed by atoms with Crippen LogP contribution in [-0.2, 0) is 0 Å². The summed E-state index contributed by atoms with van der Waals surface area (Å²) in [5.74, 6) is 0.0636. The first-order valence-electron chi connectivity index (χ1n) is 6.36. The van der Waals surface area contributed by atoms with Gasteiger partial charge in [-0.3, -0.25) is 9.98 Å². The van der Waals surface area contributed by atoms with E-state index in [2.05, 4.69) is 10.2 Å². The van der Waals surface area contributed by atoms with Gasteiger partial charge in [-0.15, -0.1) is 5.10 Å². The summed E-state index contributed by atoms with van der Waals surface area (Å²) in [7, 11) is 0. The fourth-order valence-electron chi connectivity index (χ4n) is 2.12. The van der Waals surface area contributed by atoms with E-state index in [9.17, 15) is 4.79 Å². The number of amidine groups is 1. The first kappa shape index (κ1) is 13.0. The molecule has 0 atom stereocenters. The van der Waals surface area contributed by atoms with Crippen molar-refractivity contribution in [3.05, 3.63) is 39.8 Å². The maximum absolute atomic E-state index is 11.7. The zero-order chi connectivity index (χ0) is 14.3.